The van der Waals surface area contributed by atoms with Gasteiger partial charge in [0, 0.05) is 12.5 Å². The highest BCUT2D eigenvalue weighted by atomic mass is 15.3. The Labute approximate surface area is 80.1 Å². The Morgan fingerprint density at radius 2 is 2.00 bits per heavy atom. The minimum atomic E-state index is -0.111. The molecule has 13 heavy (non-hydrogen) atoms. The van der Waals surface area contributed by atoms with Gasteiger partial charge in [0.05, 0.1) is 11.3 Å². The number of hydrogen-bond acceptors (Lipinski definition) is 3. The van der Waals surface area contributed by atoms with Crippen LogP contribution in [0.2, 0.25) is 0 Å². The van der Waals surface area contributed by atoms with E-state index in [0.717, 1.165) is 5.71 Å². The molecule has 0 unspecified atom stereocenters. The van der Waals surface area contributed by atoms with Gasteiger partial charge in [0.15, 0.2) is 0 Å². The van der Waals surface area contributed by atoms with Gasteiger partial charge in [-0.1, -0.05) is 26.8 Å². The van der Waals surface area contributed by atoms with Crippen molar-refractivity contribution >= 4 is 5.71 Å². The maximum absolute atomic E-state index is 8.86. The first-order valence-electron chi connectivity index (χ1n) is 4.29. The highest BCUT2D eigenvalue weighted by Gasteiger charge is 2.22. The van der Waals surface area contributed by atoms with E-state index in [4.69, 9.17) is 5.26 Å². The quantitative estimate of drug-likeness (QED) is 0.401. The molecule has 0 aliphatic carbocycles. The SMILES string of the molecule is C/C=C(C#N)\C(=N\NC)C(C)(C)C. The molecule has 0 aliphatic rings. The Morgan fingerprint density at radius 1 is 1.46 bits per heavy atom. The molecule has 0 bridgehead atoms. The minimum Gasteiger partial charge on any atom is -0.313 e. The molecule has 0 aromatic heterocycles. The van der Waals surface area contributed by atoms with E-state index in [1.165, 1.54) is 0 Å². The summed E-state index contributed by atoms with van der Waals surface area (Å²) in [5.74, 6) is 0. The van der Waals surface area contributed by atoms with E-state index in [1.54, 1.807) is 13.1 Å². The van der Waals surface area contributed by atoms with E-state index in [0.29, 0.717) is 5.57 Å². The maximum atomic E-state index is 8.86. The second kappa shape index (κ2) is 4.66. The van der Waals surface area contributed by atoms with Gasteiger partial charge >= 0.3 is 0 Å². The lowest BCUT2D eigenvalue weighted by Crippen LogP contribution is -2.24. The first-order valence-corrected chi connectivity index (χ1v) is 4.29. The summed E-state index contributed by atoms with van der Waals surface area (Å²) in [5.41, 5.74) is 4.03. The third-order valence-corrected chi connectivity index (χ3v) is 1.60. The molecule has 0 radical (unpaired) electrons. The van der Waals surface area contributed by atoms with Gasteiger partial charge in [0.1, 0.15) is 6.07 Å². The standard InChI is InChI=1S/C10H17N3/c1-6-8(7-11)9(13-12-5)10(2,3)4/h6,12H,1-5H3/b8-6-,13-9-. The van der Waals surface area contributed by atoms with Gasteiger partial charge in [-0.2, -0.15) is 10.4 Å². The number of allylic oxidation sites excluding steroid dienone is 2. The molecule has 0 fully saturated rings. The van der Waals surface area contributed by atoms with Gasteiger partial charge in [-0.05, 0) is 6.92 Å². The fraction of sp³-hybridized carbons (Fsp3) is 0.600. The third kappa shape index (κ3) is 3.29. The molecule has 3 nitrogen and oxygen atoms in total. The first kappa shape index (κ1) is 11.7. The number of hydrazone groups is 1. The average molecular weight is 179 g/mol. The summed E-state index contributed by atoms with van der Waals surface area (Å²) in [6.45, 7) is 7.94. The Bertz CT molecular complexity index is 261. The second-order valence-electron chi connectivity index (χ2n) is 3.75. The number of nitrogens with one attached hydrogen (secondary N) is 1. The van der Waals surface area contributed by atoms with Crippen LogP contribution in [0.5, 0.6) is 0 Å². The largest absolute Gasteiger partial charge is 0.313 e. The Hall–Kier alpha value is -1.30. The number of nitrogens with zero attached hydrogens (tertiary/aromatic N) is 2. The Kier molecular flexibility index (Phi) is 4.19. The van der Waals surface area contributed by atoms with Crippen LogP contribution in [0.25, 0.3) is 0 Å². The average Bonchev–Trinajstić information content (AvgIpc) is 2.03. The molecule has 0 rings (SSSR count). The van der Waals surface area contributed by atoms with E-state index in [2.05, 4.69) is 16.6 Å². The zero-order chi connectivity index (χ0) is 10.5. The van der Waals surface area contributed by atoms with E-state index < -0.39 is 0 Å². The van der Waals surface area contributed by atoms with Crippen molar-refractivity contribution in [1.82, 2.24) is 5.43 Å². The van der Waals surface area contributed by atoms with Crippen LogP contribution in [0.4, 0.5) is 0 Å². The fourth-order valence-corrected chi connectivity index (χ4v) is 0.998. The van der Waals surface area contributed by atoms with Gasteiger partial charge < -0.3 is 5.43 Å². The topological polar surface area (TPSA) is 48.2 Å². The number of rotatable bonds is 2. The van der Waals surface area contributed by atoms with E-state index in [-0.39, 0.29) is 5.41 Å². The van der Waals surface area contributed by atoms with E-state index in [1.807, 2.05) is 27.7 Å². The van der Waals surface area contributed by atoms with Gasteiger partial charge in [0.25, 0.3) is 0 Å². The monoisotopic (exact) mass is 179 g/mol. The van der Waals surface area contributed by atoms with Crippen LogP contribution in [-0.4, -0.2) is 12.8 Å². The normalized spacial score (nSPS) is 13.8. The van der Waals surface area contributed by atoms with Crippen molar-refractivity contribution in [1.29, 1.82) is 5.26 Å². The van der Waals surface area contributed by atoms with Crippen molar-refractivity contribution in [3.63, 3.8) is 0 Å². The van der Waals surface area contributed by atoms with Crippen molar-refractivity contribution < 1.29 is 0 Å². The van der Waals surface area contributed by atoms with E-state index in [9.17, 15) is 0 Å². The lowest BCUT2D eigenvalue weighted by atomic mass is 9.86. The highest BCUT2D eigenvalue weighted by molar-refractivity contribution is 6.06. The van der Waals surface area contributed by atoms with Crippen LogP contribution in [0.3, 0.4) is 0 Å². The molecule has 0 aliphatic heterocycles. The molecule has 0 saturated heterocycles. The van der Waals surface area contributed by atoms with Gasteiger partial charge in [0.2, 0.25) is 0 Å². The summed E-state index contributed by atoms with van der Waals surface area (Å²) in [6.07, 6.45) is 1.78. The summed E-state index contributed by atoms with van der Waals surface area (Å²) in [4.78, 5) is 0. The number of nitriles is 1. The molecule has 0 amide bonds. The molecule has 0 spiro atoms. The predicted octanol–water partition coefficient (Wildman–Crippen LogP) is 2.08. The molecular formula is C10H17N3. The molecular weight excluding hydrogens is 162 g/mol. The van der Waals surface area contributed by atoms with Crippen LogP contribution in [0.1, 0.15) is 27.7 Å². The van der Waals surface area contributed by atoms with Crippen molar-refractivity contribution in [3.8, 4) is 6.07 Å². The third-order valence-electron chi connectivity index (χ3n) is 1.60. The fourth-order valence-electron chi connectivity index (χ4n) is 0.998. The lowest BCUT2D eigenvalue weighted by Gasteiger charge is -2.20. The van der Waals surface area contributed by atoms with Gasteiger partial charge in [-0.25, -0.2) is 0 Å². The first-order chi connectivity index (χ1) is 5.97. The molecule has 1 N–H and O–H groups in total. The summed E-state index contributed by atoms with van der Waals surface area (Å²) in [7, 11) is 1.73. The predicted molar refractivity (Wildman–Crippen MR) is 55.3 cm³/mol. The summed E-state index contributed by atoms with van der Waals surface area (Å²) >= 11 is 0. The van der Waals surface area contributed by atoms with Crippen molar-refractivity contribution in [2.24, 2.45) is 10.5 Å². The highest BCUT2D eigenvalue weighted by Crippen LogP contribution is 2.20. The summed E-state index contributed by atoms with van der Waals surface area (Å²) in [6, 6.07) is 2.13. The van der Waals surface area contributed by atoms with Crippen molar-refractivity contribution in [2.75, 3.05) is 7.05 Å². The van der Waals surface area contributed by atoms with Crippen LogP contribution >= 0.6 is 0 Å². The molecule has 0 saturated carbocycles. The zero-order valence-corrected chi connectivity index (χ0v) is 8.97. The maximum Gasteiger partial charge on any atom is 0.101 e. The van der Waals surface area contributed by atoms with Crippen LogP contribution in [0, 0.1) is 16.7 Å². The zero-order valence-electron chi connectivity index (χ0n) is 8.97. The minimum absolute atomic E-state index is 0.111. The van der Waals surface area contributed by atoms with Gasteiger partial charge in [-0.15, -0.1) is 0 Å². The van der Waals surface area contributed by atoms with Gasteiger partial charge in [-0.3, -0.25) is 0 Å². The summed E-state index contributed by atoms with van der Waals surface area (Å²) in [5, 5.41) is 13.0. The number of hydrogen-bond donors (Lipinski definition) is 1. The van der Waals surface area contributed by atoms with Crippen molar-refractivity contribution in [3.05, 3.63) is 11.6 Å². The molecule has 0 heterocycles. The Morgan fingerprint density at radius 3 is 2.23 bits per heavy atom. The van der Waals surface area contributed by atoms with Crippen molar-refractivity contribution in [2.45, 2.75) is 27.7 Å². The van der Waals surface area contributed by atoms with E-state index >= 15 is 0 Å². The van der Waals surface area contributed by atoms with Crippen LogP contribution in [0.15, 0.2) is 16.8 Å². The van der Waals surface area contributed by atoms with Crippen LogP contribution in [-0.2, 0) is 0 Å². The molecule has 0 aromatic carbocycles. The summed E-state index contributed by atoms with van der Waals surface area (Å²) < 4.78 is 0. The Balaban J connectivity index is 5.09. The smallest absolute Gasteiger partial charge is 0.101 e. The molecule has 0 aromatic rings. The molecule has 3 heteroatoms. The lowest BCUT2D eigenvalue weighted by molar-refractivity contribution is 0.584. The molecule has 0 atom stereocenters. The van der Waals surface area contributed by atoms with Crippen LogP contribution < -0.4 is 5.43 Å². The molecule has 72 valence electrons. The second-order valence-corrected chi connectivity index (χ2v) is 3.75.